The van der Waals surface area contributed by atoms with E-state index in [9.17, 15) is 13.2 Å². The van der Waals surface area contributed by atoms with Crippen LogP contribution in [0, 0.1) is 0 Å². The number of likely N-dealkylation sites (N-methyl/N-ethyl adjacent to an activating group) is 1. The summed E-state index contributed by atoms with van der Waals surface area (Å²) >= 11 is 0. The molecule has 1 aromatic carbocycles. The third-order valence-corrected chi connectivity index (χ3v) is 4.98. The van der Waals surface area contributed by atoms with Crippen molar-refractivity contribution in [3.05, 3.63) is 29.8 Å². The Morgan fingerprint density at radius 1 is 1.07 bits per heavy atom. The summed E-state index contributed by atoms with van der Waals surface area (Å²) in [7, 11) is 3.80. The molecule has 0 saturated carbocycles. The highest BCUT2D eigenvalue weighted by Crippen LogP contribution is 2.33. The quantitative estimate of drug-likeness (QED) is 0.740. The molecule has 0 radical (unpaired) electrons. The number of rotatable bonds is 3. The molecule has 0 unspecified atom stereocenters. The van der Waals surface area contributed by atoms with E-state index in [-0.39, 0.29) is 6.04 Å². The molecule has 0 spiro atoms. The highest BCUT2D eigenvalue weighted by molar-refractivity contribution is 5.94. The van der Waals surface area contributed by atoms with E-state index in [1.54, 1.807) is 11.7 Å². The summed E-state index contributed by atoms with van der Waals surface area (Å²) in [6.45, 7) is 1.96. The number of hydrogen-bond donors (Lipinski definition) is 1. The largest absolute Gasteiger partial charge is 0.416 e. The predicted molar refractivity (Wildman–Crippen MR) is 98.7 cm³/mol. The van der Waals surface area contributed by atoms with Gasteiger partial charge in [0.05, 0.1) is 5.56 Å². The number of likely N-dealkylation sites (tertiary alicyclic amines) is 1. The Hall–Kier alpha value is -2.75. The Morgan fingerprint density at radius 2 is 1.82 bits per heavy atom. The van der Waals surface area contributed by atoms with E-state index in [1.807, 2.05) is 0 Å². The lowest BCUT2D eigenvalue weighted by Crippen LogP contribution is -2.40. The summed E-state index contributed by atoms with van der Waals surface area (Å²) in [5.74, 6) is 0.541. The van der Waals surface area contributed by atoms with E-state index in [4.69, 9.17) is 0 Å². The molecule has 148 valence electrons. The molecule has 0 aliphatic carbocycles. The van der Waals surface area contributed by atoms with Crippen LogP contribution in [-0.4, -0.2) is 56.3 Å². The monoisotopic (exact) mass is 391 g/mol. The number of halogens is 3. The molecule has 2 aromatic heterocycles. The molecule has 1 fully saturated rings. The minimum Gasteiger partial charge on any atom is -0.363 e. The zero-order valence-electron chi connectivity index (χ0n) is 15.5. The van der Waals surface area contributed by atoms with Crippen LogP contribution in [0.15, 0.2) is 24.3 Å². The molecule has 0 bridgehead atoms. The van der Waals surface area contributed by atoms with Crippen molar-refractivity contribution in [2.75, 3.05) is 25.5 Å². The molecule has 28 heavy (non-hydrogen) atoms. The van der Waals surface area contributed by atoms with Crippen LogP contribution in [0.3, 0.4) is 0 Å². The highest BCUT2D eigenvalue weighted by atomic mass is 19.4. The van der Waals surface area contributed by atoms with Crippen molar-refractivity contribution in [3.63, 3.8) is 0 Å². The Kier molecular flexibility index (Phi) is 4.66. The fraction of sp³-hybridized carbons (Fsp3) is 0.444. The second-order valence-electron chi connectivity index (χ2n) is 7.13. The number of piperidine rings is 1. The normalized spacial score (nSPS) is 18.5. The van der Waals surface area contributed by atoms with E-state index >= 15 is 0 Å². The minimum atomic E-state index is -4.38. The number of hydrogen-bond acceptors (Lipinski definition) is 6. The maximum absolute atomic E-state index is 12.8. The number of fused-ring (bicyclic) bond motifs is 1. The lowest BCUT2D eigenvalue weighted by atomic mass is 10.1. The maximum atomic E-state index is 12.8. The number of benzene rings is 1. The Bertz CT molecular complexity index is 981. The van der Waals surface area contributed by atoms with Crippen molar-refractivity contribution in [2.45, 2.75) is 25.1 Å². The van der Waals surface area contributed by atoms with Crippen LogP contribution in [0.25, 0.3) is 22.3 Å². The first-order valence-corrected chi connectivity index (χ1v) is 9.01. The Morgan fingerprint density at radius 3 is 2.50 bits per heavy atom. The summed E-state index contributed by atoms with van der Waals surface area (Å²) in [6.07, 6.45) is -2.27. The van der Waals surface area contributed by atoms with Crippen LogP contribution in [-0.2, 0) is 13.2 Å². The molecule has 0 amide bonds. The van der Waals surface area contributed by atoms with Gasteiger partial charge < -0.3 is 10.2 Å². The van der Waals surface area contributed by atoms with Gasteiger partial charge in [-0.2, -0.15) is 13.2 Å². The number of aryl methyl sites for hydroxylation is 1. The van der Waals surface area contributed by atoms with Crippen LogP contribution in [0.5, 0.6) is 0 Å². The number of alkyl halides is 3. The van der Waals surface area contributed by atoms with Gasteiger partial charge in [0.2, 0.25) is 0 Å². The summed E-state index contributed by atoms with van der Waals surface area (Å²) < 4.78 is 40.1. The highest BCUT2D eigenvalue weighted by Gasteiger charge is 2.30. The molecule has 1 saturated heterocycles. The average Bonchev–Trinajstić information content (AvgIpc) is 3.04. The summed E-state index contributed by atoms with van der Waals surface area (Å²) in [4.78, 5) is 2.25. The van der Waals surface area contributed by atoms with Crippen molar-refractivity contribution in [3.8, 4) is 11.3 Å². The molecule has 1 aliphatic rings. The van der Waals surface area contributed by atoms with Crippen LogP contribution in [0.1, 0.15) is 18.4 Å². The number of nitrogens with zero attached hydrogens (tertiary/aromatic N) is 6. The summed E-state index contributed by atoms with van der Waals surface area (Å²) in [5, 5.41) is 20.2. The Balaban J connectivity index is 1.70. The maximum Gasteiger partial charge on any atom is 0.416 e. The van der Waals surface area contributed by atoms with Crippen molar-refractivity contribution >= 4 is 16.9 Å². The van der Waals surface area contributed by atoms with Crippen molar-refractivity contribution < 1.29 is 13.2 Å². The minimum absolute atomic E-state index is 0.232. The number of anilines is 1. The first-order chi connectivity index (χ1) is 13.3. The van der Waals surface area contributed by atoms with Gasteiger partial charge in [0, 0.05) is 25.2 Å². The first kappa shape index (κ1) is 18.6. The summed E-state index contributed by atoms with van der Waals surface area (Å²) in [5.41, 5.74) is 1.45. The van der Waals surface area contributed by atoms with Gasteiger partial charge in [-0.25, -0.2) is 4.68 Å². The van der Waals surface area contributed by atoms with Crippen molar-refractivity contribution in [1.29, 1.82) is 0 Å². The van der Waals surface area contributed by atoms with E-state index < -0.39 is 11.7 Å². The van der Waals surface area contributed by atoms with Crippen molar-refractivity contribution in [1.82, 2.24) is 30.1 Å². The smallest absolute Gasteiger partial charge is 0.363 e. The van der Waals surface area contributed by atoms with Gasteiger partial charge in [-0.1, -0.05) is 17.3 Å². The molecule has 1 N–H and O–H groups in total. The number of nitrogens with one attached hydrogen (secondary N) is 1. The summed E-state index contributed by atoms with van der Waals surface area (Å²) in [6, 6.07) is 5.09. The van der Waals surface area contributed by atoms with Crippen LogP contribution in [0.2, 0.25) is 0 Å². The Labute approximate surface area is 159 Å². The van der Waals surface area contributed by atoms with Gasteiger partial charge in [0.1, 0.15) is 11.2 Å². The fourth-order valence-corrected chi connectivity index (χ4v) is 3.56. The van der Waals surface area contributed by atoms with Gasteiger partial charge in [-0.3, -0.25) is 0 Å². The molecule has 3 aromatic rings. The van der Waals surface area contributed by atoms with E-state index in [0.29, 0.717) is 28.1 Å². The van der Waals surface area contributed by atoms with E-state index in [1.165, 1.54) is 12.1 Å². The molecule has 7 nitrogen and oxygen atoms in total. The molecule has 1 aliphatic heterocycles. The molecule has 3 heterocycles. The molecule has 4 rings (SSSR count). The van der Waals surface area contributed by atoms with Crippen LogP contribution >= 0.6 is 0 Å². The number of aromatic nitrogens is 5. The van der Waals surface area contributed by atoms with Gasteiger partial charge in [-0.15, -0.1) is 15.3 Å². The van der Waals surface area contributed by atoms with Crippen LogP contribution < -0.4 is 5.32 Å². The third kappa shape index (κ3) is 3.51. The predicted octanol–water partition coefficient (Wildman–Crippen LogP) is 2.95. The molecular formula is C18H20F3N7. The second kappa shape index (κ2) is 7.01. The first-order valence-electron chi connectivity index (χ1n) is 9.01. The zero-order chi connectivity index (χ0) is 19.9. The van der Waals surface area contributed by atoms with Gasteiger partial charge in [0.15, 0.2) is 11.3 Å². The van der Waals surface area contributed by atoms with Crippen molar-refractivity contribution in [2.24, 2.45) is 7.05 Å². The topological polar surface area (TPSA) is 71.8 Å². The third-order valence-electron chi connectivity index (χ3n) is 4.98. The van der Waals surface area contributed by atoms with Gasteiger partial charge in [-0.05, 0) is 38.6 Å². The molecule has 1 atom stereocenters. The SMILES string of the molecule is CN1CCC[C@@H](Nc2nnc(-c3ccc(C(F)(F)F)cc3)c3c2nnn3C)C1. The standard InChI is InChI=1S/C18H20F3N7/c1-27-9-3-4-13(10-27)22-17-15-16(28(2)26-24-15)14(23-25-17)11-5-7-12(8-6-11)18(19,20)21/h5-8,13H,3-4,9-10H2,1-2H3,(H,22,25)/t13-/m1/s1. The van der Waals surface area contributed by atoms with Crippen LogP contribution in [0.4, 0.5) is 19.0 Å². The van der Waals surface area contributed by atoms with Gasteiger partial charge >= 0.3 is 6.18 Å². The molecular weight excluding hydrogens is 371 g/mol. The average molecular weight is 391 g/mol. The second-order valence-corrected chi connectivity index (χ2v) is 7.13. The lowest BCUT2D eigenvalue weighted by molar-refractivity contribution is -0.137. The fourth-order valence-electron chi connectivity index (χ4n) is 3.56. The molecule has 10 heteroatoms. The van der Waals surface area contributed by atoms with E-state index in [2.05, 4.69) is 37.8 Å². The lowest BCUT2D eigenvalue weighted by Gasteiger charge is -2.30. The van der Waals surface area contributed by atoms with Gasteiger partial charge in [0.25, 0.3) is 0 Å². The zero-order valence-corrected chi connectivity index (χ0v) is 15.5. The van der Waals surface area contributed by atoms with E-state index in [0.717, 1.165) is 38.1 Å².